The van der Waals surface area contributed by atoms with Crippen LogP contribution in [0.25, 0.3) is 0 Å². The second-order valence-electron chi connectivity index (χ2n) is 5.26. The highest BCUT2D eigenvalue weighted by molar-refractivity contribution is 5.53. The zero-order valence-corrected chi connectivity index (χ0v) is 12.5. The Labute approximate surface area is 126 Å². The summed E-state index contributed by atoms with van der Waals surface area (Å²) in [6.07, 6.45) is 5.56. The molecule has 0 unspecified atom stereocenters. The topological polar surface area (TPSA) is 18.5 Å². The third-order valence-corrected chi connectivity index (χ3v) is 2.93. The molecule has 0 saturated heterocycles. The molecule has 0 spiro atoms. The molecule has 2 nitrogen and oxygen atoms in total. The molecule has 2 rings (SSSR count). The van der Waals surface area contributed by atoms with Crippen LogP contribution in [0.15, 0.2) is 48.5 Å². The third kappa shape index (κ3) is 4.29. The smallest absolute Gasteiger partial charge is 0.177 e. The molecule has 0 N–H and O–H groups in total. The molecule has 0 aliphatic heterocycles. The van der Waals surface area contributed by atoms with Crippen molar-refractivity contribution >= 4 is 0 Å². The predicted octanol–water partition coefficient (Wildman–Crippen LogP) is 4.28. The molecule has 0 aliphatic rings. The van der Waals surface area contributed by atoms with Gasteiger partial charge in [-0.3, -0.25) is 0 Å². The Morgan fingerprint density at radius 2 is 1.76 bits per heavy atom. The van der Waals surface area contributed by atoms with Crippen molar-refractivity contribution in [3.63, 3.8) is 0 Å². The van der Waals surface area contributed by atoms with E-state index in [2.05, 4.69) is 19.8 Å². The Morgan fingerprint density at radius 1 is 1.00 bits per heavy atom. The first-order chi connectivity index (χ1) is 10.2. The third-order valence-electron chi connectivity index (χ3n) is 2.93. The highest BCUT2D eigenvalue weighted by Crippen LogP contribution is 2.32. The summed E-state index contributed by atoms with van der Waals surface area (Å²) in [4.78, 5) is 0. The Morgan fingerprint density at radius 3 is 2.43 bits per heavy atom. The summed E-state index contributed by atoms with van der Waals surface area (Å²) in [5, 5.41) is 0. The lowest BCUT2D eigenvalue weighted by molar-refractivity contribution is 0.239. The van der Waals surface area contributed by atoms with Crippen molar-refractivity contribution in [1.29, 1.82) is 0 Å². The largest absolute Gasteiger partial charge is 0.489 e. The molecule has 2 aromatic rings. The minimum absolute atomic E-state index is 0.446. The molecule has 0 heterocycles. The molecule has 108 valence electrons. The molecular formula is C19H20O2. The van der Waals surface area contributed by atoms with Gasteiger partial charge >= 0.3 is 0 Å². The predicted molar refractivity (Wildman–Crippen MR) is 85.5 cm³/mol. The van der Waals surface area contributed by atoms with Crippen LogP contribution in [-0.2, 0) is 6.61 Å². The Bertz CT molecular complexity index is 609. The van der Waals surface area contributed by atoms with Crippen LogP contribution >= 0.6 is 0 Å². The molecule has 0 aromatic heterocycles. The lowest BCUT2D eigenvalue weighted by atomic mass is 10.2. The molecular weight excluding hydrogens is 260 g/mol. The summed E-state index contributed by atoms with van der Waals surface area (Å²) in [5.41, 5.74) is 1.81. The van der Waals surface area contributed by atoms with E-state index in [0.29, 0.717) is 36.2 Å². The molecule has 0 saturated carbocycles. The first-order valence-corrected chi connectivity index (χ1v) is 7.10. The fraction of sp³-hybridized carbons (Fsp3) is 0.263. The van der Waals surface area contributed by atoms with Gasteiger partial charge in [0.15, 0.2) is 11.5 Å². The van der Waals surface area contributed by atoms with Crippen LogP contribution in [0, 0.1) is 18.3 Å². The van der Waals surface area contributed by atoms with Crippen molar-refractivity contribution in [3.8, 4) is 23.8 Å². The average Bonchev–Trinajstić information content (AvgIpc) is 2.52. The van der Waals surface area contributed by atoms with E-state index in [1.165, 1.54) is 0 Å². The molecule has 0 bridgehead atoms. The van der Waals surface area contributed by atoms with Crippen molar-refractivity contribution < 1.29 is 9.47 Å². The normalized spacial score (nSPS) is 10.2. The maximum Gasteiger partial charge on any atom is 0.177 e. The molecule has 0 aliphatic carbocycles. The van der Waals surface area contributed by atoms with Crippen molar-refractivity contribution in [1.82, 2.24) is 0 Å². The number of hydrogen-bond donors (Lipinski definition) is 0. The number of benzene rings is 2. The fourth-order valence-electron chi connectivity index (χ4n) is 1.88. The number of hydrogen-bond acceptors (Lipinski definition) is 2. The van der Waals surface area contributed by atoms with Gasteiger partial charge in [0.25, 0.3) is 0 Å². The van der Waals surface area contributed by atoms with E-state index in [-0.39, 0.29) is 0 Å². The lowest BCUT2D eigenvalue weighted by Crippen LogP contribution is -2.07. The van der Waals surface area contributed by atoms with Gasteiger partial charge in [-0.2, -0.15) is 0 Å². The SMILES string of the molecule is C#Cc1cccc(OCC(C)C)c1OCc1ccccc1. The van der Waals surface area contributed by atoms with E-state index in [1.54, 1.807) is 0 Å². The van der Waals surface area contributed by atoms with E-state index in [4.69, 9.17) is 15.9 Å². The zero-order chi connectivity index (χ0) is 15.1. The van der Waals surface area contributed by atoms with Crippen LogP contribution in [0.4, 0.5) is 0 Å². The quantitative estimate of drug-likeness (QED) is 0.735. The summed E-state index contributed by atoms with van der Waals surface area (Å²) in [6.45, 7) is 5.32. The summed E-state index contributed by atoms with van der Waals surface area (Å²) in [5.74, 6) is 4.45. The summed E-state index contributed by atoms with van der Waals surface area (Å²) >= 11 is 0. The second kappa shape index (κ2) is 7.40. The standard InChI is InChI=1S/C19H20O2/c1-4-17-11-8-12-18(20-13-15(2)3)19(17)21-14-16-9-6-5-7-10-16/h1,5-12,15H,13-14H2,2-3H3. The van der Waals surface area contributed by atoms with E-state index >= 15 is 0 Å². The van der Waals surface area contributed by atoms with Crippen LogP contribution in [0.3, 0.4) is 0 Å². The molecule has 0 amide bonds. The molecule has 21 heavy (non-hydrogen) atoms. The van der Waals surface area contributed by atoms with E-state index < -0.39 is 0 Å². The fourth-order valence-corrected chi connectivity index (χ4v) is 1.88. The van der Waals surface area contributed by atoms with Gasteiger partial charge in [-0.1, -0.05) is 56.2 Å². The van der Waals surface area contributed by atoms with Gasteiger partial charge in [-0.05, 0) is 23.6 Å². The van der Waals surface area contributed by atoms with Gasteiger partial charge in [0.2, 0.25) is 0 Å². The minimum atomic E-state index is 0.446. The van der Waals surface area contributed by atoms with Crippen molar-refractivity contribution in [3.05, 3.63) is 59.7 Å². The van der Waals surface area contributed by atoms with Crippen LogP contribution < -0.4 is 9.47 Å². The van der Waals surface area contributed by atoms with Gasteiger partial charge in [0, 0.05) is 0 Å². The van der Waals surface area contributed by atoms with Gasteiger partial charge in [-0.15, -0.1) is 6.42 Å². The van der Waals surface area contributed by atoms with Crippen LogP contribution in [0.2, 0.25) is 0 Å². The zero-order valence-electron chi connectivity index (χ0n) is 12.5. The van der Waals surface area contributed by atoms with Crippen molar-refractivity contribution in [2.24, 2.45) is 5.92 Å². The van der Waals surface area contributed by atoms with Gasteiger partial charge in [0.1, 0.15) is 6.61 Å². The van der Waals surface area contributed by atoms with Gasteiger partial charge < -0.3 is 9.47 Å². The summed E-state index contributed by atoms with van der Waals surface area (Å²) in [6, 6.07) is 15.6. The second-order valence-corrected chi connectivity index (χ2v) is 5.26. The highest BCUT2D eigenvalue weighted by Gasteiger charge is 2.11. The Hall–Kier alpha value is -2.40. The summed E-state index contributed by atoms with van der Waals surface area (Å²) < 4.78 is 11.7. The molecule has 0 atom stereocenters. The van der Waals surface area contributed by atoms with Crippen LogP contribution in [0.1, 0.15) is 25.0 Å². The van der Waals surface area contributed by atoms with Crippen LogP contribution in [-0.4, -0.2) is 6.61 Å². The number of para-hydroxylation sites is 1. The lowest BCUT2D eigenvalue weighted by Gasteiger charge is -2.15. The number of rotatable bonds is 6. The number of ether oxygens (including phenoxy) is 2. The summed E-state index contributed by atoms with van der Waals surface area (Å²) in [7, 11) is 0. The highest BCUT2D eigenvalue weighted by atomic mass is 16.5. The Kier molecular flexibility index (Phi) is 5.29. The maximum atomic E-state index is 5.91. The maximum absolute atomic E-state index is 5.91. The van der Waals surface area contributed by atoms with E-state index in [9.17, 15) is 0 Å². The molecule has 0 radical (unpaired) electrons. The van der Waals surface area contributed by atoms with Crippen LogP contribution in [0.5, 0.6) is 11.5 Å². The van der Waals surface area contributed by atoms with Gasteiger partial charge in [-0.25, -0.2) is 0 Å². The monoisotopic (exact) mass is 280 g/mol. The van der Waals surface area contributed by atoms with Gasteiger partial charge in [0.05, 0.1) is 12.2 Å². The minimum Gasteiger partial charge on any atom is -0.489 e. The Balaban J connectivity index is 2.17. The first kappa shape index (κ1) is 15.0. The molecule has 2 aromatic carbocycles. The first-order valence-electron chi connectivity index (χ1n) is 7.10. The molecule has 0 fully saturated rings. The number of terminal acetylenes is 1. The molecule has 2 heteroatoms. The van der Waals surface area contributed by atoms with E-state index in [0.717, 1.165) is 5.56 Å². The van der Waals surface area contributed by atoms with E-state index in [1.807, 2.05) is 48.5 Å². The van der Waals surface area contributed by atoms with Crippen molar-refractivity contribution in [2.75, 3.05) is 6.61 Å². The van der Waals surface area contributed by atoms with Crippen molar-refractivity contribution in [2.45, 2.75) is 20.5 Å². The average molecular weight is 280 g/mol.